The Balaban J connectivity index is 1.81. The van der Waals surface area contributed by atoms with E-state index in [9.17, 15) is 0 Å². The summed E-state index contributed by atoms with van der Waals surface area (Å²) in [6, 6.07) is 9.02. The van der Waals surface area contributed by atoms with Crippen molar-refractivity contribution in [3.05, 3.63) is 35.4 Å². The van der Waals surface area contributed by atoms with Gasteiger partial charge in [-0.3, -0.25) is 0 Å². The summed E-state index contributed by atoms with van der Waals surface area (Å²) >= 11 is 0. The van der Waals surface area contributed by atoms with E-state index in [4.69, 9.17) is 0 Å². The summed E-state index contributed by atoms with van der Waals surface area (Å²) in [5.41, 5.74) is 3.79. The van der Waals surface area contributed by atoms with E-state index in [-0.39, 0.29) is 0 Å². The predicted molar refractivity (Wildman–Crippen MR) is 83.3 cm³/mol. The van der Waals surface area contributed by atoms with Crippen molar-refractivity contribution in [1.82, 2.24) is 5.32 Å². The van der Waals surface area contributed by atoms with Gasteiger partial charge >= 0.3 is 0 Å². The average Bonchev–Trinajstić information content (AvgIpc) is 2.72. The van der Waals surface area contributed by atoms with Crippen LogP contribution in [0.3, 0.4) is 0 Å². The summed E-state index contributed by atoms with van der Waals surface area (Å²) in [7, 11) is 0. The summed E-state index contributed by atoms with van der Waals surface area (Å²) < 4.78 is 0. The van der Waals surface area contributed by atoms with Gasteiger partial charge < -0.3 is 5.32 Å². The highest BCUT2D eigenvalue weighted by molar-refractivity contribution is 5.24. The molecule has 106 valence electrons. The van der Waals surface area contributed by atoms with E-state index in [1.165, 1.54) is 11.1 Å². The molecule has 19 heavy (non-hydrogen) atoms. The molecule has 1 aromatic rings. The SMILES string of the molecule is CC(C)c1ccc(CNCC2C(C)(C)C2(C)C)cc1. The molecule has 0 spiro atoms. The molecule has 1 aliphatic carbocycles. The molecule has 0 amide bonds. The lowest BCUT2D eigenvalue weighted by molar-refractivity contribution is 0.457. The van der Waals surface area contributed by atoms with Gasteiger partial charge in [-0.1, -0.05) is 65.8 Å². The molecule has 0 unspecified atom stereocenters. The van der Waals surface area contributed by atoms with E-state index in [0.717, 1.165) is 19.0 Å². The number of rotatable bonds is 5. The second kappa shape index (κ2) is 4.94. The Morgan fingerprint density at radius 2 is 1.53 bits per heavy atom. The minimum atomic E-state index is 0.488. The Labute approximate surface area is 118 Å². The van der Waals surface area contributed by atoms with Crippen LogP contribution in [-0.4, -0.2) is 6.54 Å². The molecular formula is C18H29N. The van der Waals surface area contributed by atoms with E-state index in [1.54, 1.807) is 0 Å². The molecule has 1 N–H and O–H groups in total. The van der Waals surface area contributed by atoms with Crippen LogP contribution >= 0.6 is 0 Å². The first-order chi connectivity index (χ1) is 8.76. The Morgan fingerprint density at radius 3 is 1.95 bits per heavy atom. The fraction of sp³-hybridized carbons (Fsp3) is 0.667. The summed E-state index contributed by atoms with van der Waals surface area (Å²) in [4.78, 5) is 0. The molecule has 0 heterocycles. The van der Waals surface area contributed by atoms with Crippen LogP contribution in [0.15, 0.2) is 24.3 Å². The topological polar surface area (TPSA) is 12.0 Å². The fourth-order valence-corrected chi connectivity index (χ4v) is 3.22. The molecule has 0 radical (unpaired) electrons. The van der Waals surface area contributed by atoms with Crippen LogP contribution in [0, 0.1) is 16.7 Å². The highest BCUT2D eigenvalue weighted by Gasteiger charge is 2.63. The van der Waals surface area contributed by atoms with Crippen molar-refractivity contribution in [2.24, 2.45) is 16.7 Å². The van der Waals surface area contributed by atoms with Gasteiger partial charge in [-0.25, -0.2) is 0 Å². The second-order valence-corrected chi connectivity index (χ2v) is 7.52. The summed E-state index contributed by atoms with van der Waals surface area (Å²) in [6.07, 6.45) is 0. The number of nitrogens with one attached hydrogen (secondary N) is 1. The van der Waals surface area contributed by atoms with Crippen molar-refractivity contribution in [2.75, 3.05) is 6.54 Å². The van der Waals surface area contributed by atoms with Crippen LogP contribution < -0.4 is 5.32 Å². The molecule has 1 aliphatic rings. The summed E-state index contributed by atoms with van der Waals surface area (Å²) in [5, 5.41) is 3.62. The van der Waals surface area contributed by atoms with Crippen LogP contribution in [0.5, 0.6) is 0 Å². The first-order valence-electron chi connectivity index (χ1n) is 7.56. The van der Waals surface area contributed by atoms with Crippen LogP contribution in [0.1, 0.15) is 58.6 Å². The maximum atomic E-state index is 3.62. The number of benzene rings is 1. The third-order valence-corrected chi connectivity index (χ3v) is 5.64. The molecule has 0 saturated heterocycles. The second-order valence-electron chi connectivity index (χ2n) is 7.52. The third kappa shape index (κ3) is 2.72. The van der Waals surface area contributed by atoms with E-state index >= 15 is 0 Å². The van der Waals surface area contributed by atoms with E-state index in [0.29, 0.717) is 16.7 Å². The minimum Gasteiger partial charge on any atom is -0.312 e. The summed E-state index contributed by atoms with van der Waals surface area (Å²) in [5.74, 6) is 1.42. The van der Waals surface area contributed by atoms with Crippen LogP contribution in [0.4, 0.5) is 0 Å². The van der Waals surface area contributed by atoms with Crippen molar-refractivity contribution in [1.29, 1.82) is 0 Å². The molecule has 1 aromatic carbocycles. The van der Waals surface area contributed by atoms with Gasteiger partial charge in [0.05, 0.1) is 0 Å². The third-order valence-electron chi connectivity index (χ3n) is 5.64. The van der Waals surface area contributed by atoms with Crippen molar-refractivity contribution < 1.29 is 0 Å². The molecule has 2 rings (SSSR count). The van der Waals surface area contributed by atoms with E-state index in [2.05, 4.69) is 71.1 Å². The maximum absolute atomic E-state index is 3.62. The average molecular weight is 259 g/mol. The smallest absolute Gasteiger partial charge is 0.0205 e. The van der Waals surface area contributed by atoms with Gasteiger partial charge in [-0.05, 0) is 40.3 Å². The molecule has 1 saturated carbocycles. The molecular weight excluding hydrogens is 230 g/mol. The Morgan fingerprint density at radius 1 is 1.00 bits per heavy atom. The number of hydrogen-bond donors (Lipinski definition) is 1. The molecule has 1 fully saturated rings. The molecule has 0 bridgehead atoms. The zero-order chi connectivity index (χ0) is 14.3. The zero-order valence-electron chi connectivity index (χ0n) is 13.4. The lowest BCUT2D eigenvalue weighted by Crippen LogP contribution is -2.18. The molecule has 0 atom stereocenters. The van der Waals surface area contributed by atoms with Gasteiger partial charge in [0, 0.05) is 6.54 Å². The first-order valence-corrected chi connectivity index (χ1v) is 7.56. The highest BCUT2D eigenvalue weighted by Crippen LogP contribution is 2.67. The van der Waals surface area contributed by atoms with Crippen molar-refractivity contribution in [3.8, 4) is 0 Å². The van der Waals surface area contributed by atoms with Gasteiger partial charge in [0.25, 0.3) is 0 Å². The maximum Gasteiger partial charge on any atom is 0.0205 e. The van der Waals surface area contributed by atoms with Gasteiger partial charge in [-0.15, -0.1) is 0 Å². The highest BCUT2D eigenvalue weighted by atomic mass is 14.9. The fourth-order valence-electron chi connectivity index (χ4n) is 3.22. The number of hydrogen-bond acceptors (Lipinski definition) is 1. The van der Waals surface area contributed by atoms with Crippen molar-refractivity contribution in [3.63, 3.8) is 0 Å². The summed E-state index contributed by atoms with van der Waals surface area (Å²) in [6.45, 7) is 16.1. The molecule has 0 aliphatic heterocycles. The lowest BCUT2D eigenvalue weighted by Gasteiger charge is -2.09. The molecule has 1 nitrogen and oxygen atoms in total. The van der Waals surface area contributed by atoms with Crippen molar-refractivity contribution in [2.45, 2.75) is 54.0 Å². The van der Waals surface area contributed by atoms with E-state index < -0.39 is 0 Å². The quantitative estimate of drug-likeness (QED) is 0.816. The Hall–Kier alpha value is -0.820. The van der Waals surface area contributed by atoms with E-state index in [1.807, 2.05) is 0 Å². The van der Waals surface area contributed by atoms with Gasteiger partial charge in [-0.2, -0.15) is 0 Å². The normalized spacial score (nSPS) is 20.8. The van der Waals surface area contributed by atoms with Gasteiger partial charge in [0.1, 0.15) is 0 Å². The zero-order valence-corrected chi connectivity index (χ0v) is 13.4. The van der Waals surface area contributed by atoms with Crippen molar-refractivity contribution >= 4 is 0 Å². The predicted octanol–water partition coefficient (Wildman–Crippen LogP) is 4.58. The lowest BCUT2D eigenvalue weighted by atomic mass is 10.0. The van der Waals surface area contributed by atoms with Crippen LogP contribution in [-0.2, 0) is 6.54 Å². The largest absolute Gasteiger partial charge is 0.312 e. The standard InChI is InChI=1S/C18H29N/c1-13(2)15-9-7-14(8-10-15)11-19-12-16-17(3,4)18(16,5)6/h7-10,13,16,19H,11-12H2,1-6H3. The van der Waals surface area contributed by atoms with Crippen LogP contribution in [0.25, 0.3) is 0 Å². The Bertz CT molecular complexity index is 412. The first kappa shape index (κ1) is 14.6. The monoisotopic (exact) mass is 259 g/mol. The van der Waals surface area contributed by atoms with Gasteiger partial charge in [0.2, 0.25) is 0 Å². The minimum absolute atomic E-state index is 0.488. The Kier molecular flexibility index (Phi) is 3.79. The molecule has 1 heteroatoms. The van der Waals surface area contributed by atoms with Crippen LogP contribution in [0.2, 0.25) is 0 Å². The van der Waals surface area contributed by atoms with Gasteiger partial charge in [0.15, 0.2) is 0 Å². The molecule has 0 aromatic heterocycles.